The lowest BCUT2D eigenvalue weighted by Crippen LogP contribution is -2.51. The minimum atomic E-state index is -0.806. The van der Waals surface area contributed by atoms with Crippen molar-refractivity contribution in [1.29, 1.82) is 0 Å². The Balaban J connectivity index is 1.40. The molecule has 0 heterocycles. The van der Waals surface area contributed by atoms with Crippen LogP contribution in [-0.4, -0.2) is 113 Å². The number of rotatable bonds is 25. The van der Waals surface area contributed by atoms with Gasteiger partial charge in [0.1, 0.15) is 18.8 Å². The molecule has 0 aromatic heterocycles. The third-order valence-electron chi connectivity index (χ3n) is 7.21. The van der Waals surface area contributed by atoms with Gasteiger partial charge in [-0.3, -0.25) is 19.2 Å². The van der Waals surface area contributed by atoms with E-state index in [1.165, 1.54) is 0 Å². The SMILES string of the molecule is CC(C)C(NC(=O)CCOCCOCCOCCOCCNC(=O)COC1C#CCCCCC1)C(=O)NCC(=O)Nc1ccc(CO)cc1. The largest absolute Gasteiger partial charge is 0.392 e. The lowest BCUT2D eigenvalue weighted by atomic mass is 10.0. The standard InChI is InChI=1S/C35H54N4O10/c1-27(2)34(35(44)37-24-32(42)38-29-12-10-28(25-40)11-13-29)39-31(41)14-16-45-18-20-47-22-23-48-21-19-46-17-15-36-33(43)26-49-30-8-6-4-3-5-7-9-30/h10-13,27,30,34,40H,3-6,8,14-26H2,1-2H3,(H,36,43)(H,37,44)(H,38,42)(H,39,41). The third-order valence-corrected chi connectivity index (χ3v) is 7.21. The normalized spacial score (nSPS) is 14.9. The van der Waals surface area contributed by atoms with Crippen LogP contribution in [-0.2, 0) is 49.5 Å². The Hall–Kier alpha value is -3.58. The zero-order valence-electron chi connectivity index (χ0n) is 28.9. The summed E-state index contributed by atoms with van der Waals surface area (Å²) in [4.78, 5) is 49.2. The lowest BCUT2D eigenvalue weighted by molar-refractivity contribution is -0.131. The first-order valence-electron chi connectivity index (χ1n) is 17.0. The van der Waals surface area contributed by atoms with Crippen molar-refractivity contribution < 1.29 is 48.0 Å². The van der Waals surface area contributed by atoms with Crippen LogP contribution in [0.25, 0.3) is 0 Å². The summed E-state index contributed by atoms with van der Waals surface area (Å²) >= 11 is 0. The molecule has 1 aromatic rings. The minimum Gasteiger partial charge on any atom is -0.392 e. The van der Waals surface area contributed by atoms with Gasteiger partial charge in [-0.2, -0.15) is 0 Å². The Labute approximate surface area is 289 Å². The highest BCUT2D eigenvalue weighted by atomic mass is 16.6. The van der Waals surface area contributed by atoms with Gasteiger partial charge in [0.25, 0.3) is 0 Å². The molecule has 0 spiro atoms. The van der Waals surface area contributed by atoms with Crippen molar-refractivity contribution in [3.8, 4) is 11.8 Å². The Bertz CT molecular complexity index is 1170. The minimum absolute atomic E-state index is 0.00296. The molecule has 14 nitrogen and oxygen atoms in total. The van der Waals surface area contributed by atoms with E-state index >= 15 is 0 Å². The second-order valence-corrected chi connectivity index (χ2v) is 11.7. The predicted molar refractivity (Wildman–Crippen MR) is 182 cm³/mol. The molecule has 1 aromatic carbocycles. The molecule has 0 fully saturated rings. The zero-order valence-corrected chi connectivity index (χ0v) is 28.9. The van der Waals surface area contributed by atoms with Gasteiger partial charge in [-0.25, -0.2) is 0 Å². The molecule has 2 rings (SSSR count). The number of nitrogens with one attached hydrogen (secondary N) is 4. The summed E-state index contributed by atoms with van der Waals surface area (Å²) in [6.45, 7) is 6.37. The zero-order chi connectivity index (χ0) is 35.5. The number of ether oxygens (including phenoxy) is 5. The van der Waals surface area contributed by atoms with Crippen molar-refractivity contribution in [1.82, 2.24) is 16.0 Å². The van der Waals surface area contributed by atoms with Crippen LogP contribution < -0.4 is 21.3 Å². The van der Waals surface area contributed by atoms with E-state index in [9.17, 15) is 19.2 Å². The lowest BCUT2D eigenvalue weighted by Gasteiger charge is -2.21. The molecule has 5 N–H and O–H groups in total. The Morgan fingerprint density at radius 2 is 1.47 bits per heavy atom. The summed E-state index contributed by atoms with van der Waals surface area (Å²) in [7, 11) is 0. The van der Waals surface area contributed by atoms with Gasteiger partial charge in [0.05, 0.1) is 66.0 Å². The maximum absolute atomic E-state index is 12.6. The van der Waals surface area contributed by atoms with E-state index in [4.69, 9.17) is 28.8 Å². The number of hydrogen-bond acceptors (Lipinski definition) is 10. The first kappa shape index (κ1) is 41.6. The maximum Gasteiger partial charge on any atom is 0.246 e. The van der Waals surface area contributed by atoms with Crippen molar-refractivity contribution in [3.05, 3.63) is 29.8 Å². The number of carbonyl (C=O) groups is 4. The average Bonchev–Trinajstić information content (AvgIpc) is 3.07. The highest BCUT2D eigenvalue weighted by Gasteiger charge is 2.24. The van der Waals surface area contributed by atoms with Gasteiger partial charge in [-0.1, -0.05) is 38.3 Å². The van der Waals surface area contributed by atoms with Crippen LogP contribution in [0.1, 0.15) is 57.9 Å². The molecule has 14 heteroatoms. The van der Waals surface area contributed by atoms with Gasteiger partial charge < -0.3 is 50.1 Å². The van der Waals surface area contributed by atoms with Gasteiger partial charge in [-0.15, -0.1) is 5.92 Å². The van der Waals surface area contributed by atoms with E-state index in [0.717, 1.165) is 37.7 Å². The van der Waals surface area contributed by atoms with Crippen LogP contribution in [0, 0.1) is 17.8 Å². The molecule has 0 saturated carbocycles. The smallest absolute Gasteiger partial charge is 0.246 e. The van der Waals surface area contributed by atoms with Gasteiger partial charge >= 0.3 is 0 Å². The fourth-order valence-electron chi connectivity index (χ4n) is 4.48. The summed E-state index contributed by atoms with van der Waals surface area (Å²) in [5, 5.41) is 19.8. The number of anilines is 1. The summed E-state index contributed by atoms with van der Waals surface area (Å²) in [5.41, 5.74) is 1.26. The van der Waals surface area contributed by atoms with Crippen molar-refractivity contribution >= 4 is 29.3 Å². The molecule has 0 radical (unpaired) electrons. The van der Waals surface area contributed by atoms with Crippen LogP contribution in [0.3, 0.4) is 0 Å². The number of carbonyl (C=O) groups excluding carboxylic acids is 4. The van der Waals surface area contributed by atoms with E-state index in [1.54, 1.807) is 38.1 Å². The highest BCUT2D eigenvalue weighted by molar-refractivity contribution is 5.96. The van der Waals surface area contributed by atoms with Gasteiger partial charge in [0.15, 0.2) is 0 Å². The Morgan fingerprint density at radius 1 is 0.816 bits per heavy atom. The van der Waals surface area contributed by atoms with Crippen molar-refractivity contribution in [2.24, 2.45) is 5.92 Å². The molecule has 0 aliphatic heterocycles. The molecule has 1 aliphatic rings. The van der Waals surface area contributed by atoms with Crippen molar-refractivity contribution in [2.45, 2.75) is 71.1 Å². The van der Waals surface area contributed by atoms with Gasteiger partial charge in [0, 0.05) is 25.1 Å². The molecule has 274 valence electrons. The summed E-state index contributed by atoms with van der Waals surface area (Å²) in [5.74, 6) is 4.58. The topological polar surface area (TPSA) is 183 Å². The first-order chi connectivity index (χ1) is 23.8. The Kier molecular flexibility index (Phi) is 22.3. The van der Waals surface area contributed by atoms with Crippen LogP contribution in [0.15, 0.2) is 24.3 Å². The molecular formula is C35H54N4O10. The summed E-state index contributed by atoms with van der Waals surface area (Å²) < 4.78 is 27.4. The highest BCUT2D eigenvalue weighted by Crippen LogP contribution is 2.11. The molecule has 0 bridgehead atoms. The quantitative estimate of drug-likeness (QED) is 0.0741. The molecule has 2 atom stereocenters. The molecule has 2 unspecified atom stereocenters. The Morgan fingerprint density at radius 3 is 2.12 bits per heavy atom. The first-order valence-corrected chi connectivity index (χ1v) is 17.0. The molecule has 1 aliphatic carbocycles. The van der Waals surface area contributed by atoms with Crippen LogP contribution in [0.5, 0.6) is 0 Å². The fourth-order valence-corrected chi connectivity index (χ4v) is 4.48. The number of aliphatic hydroxyl groups excluding tert-OH is 1. The maximum atomic E-state index is 12.6. The molecule has 4 amide bonds. The van der Waals surface area contributed by atoms with Crippen LogP contribution >= 0.6 is 0 Å². The molecule has 49 heavy (non-hydrogen) atoms. The number of hydrogen-bond donors (Lipinski definition) is 5. The predicted octanol–water partition coefficient (Wildman–Crippen LogP) is 1.30. The second kappa shape index (κ2) is 26.3. The molecular weight excluding hydrogens is 636 g/mol. The van der Waals surface area contributed by atoms with E-state index < -0.39 is 17.9 Å². The number of benzene rings is 1. The van der Waals surface area contributed by atoms with E-state index in [1.807, 2.05) is 0 Å². The monoisotopic (exact) mass is 690 g/mol. The third kappa shape index (κ3) is 20.5. The fraction of sp³-hybridized carbons (Fsp3) is 0.657. The number of amides is 4. The number of aliphatic hydroxyl groups is 1. The van der Waals surface area contributed by atoms with Crippen LogP contribution in [0.4, 0.5) is 5.69 Å². The van der Waals surface area contributed by atoms with Crippen molar-refractivity contribution in [2.75, 3.05) is 77.9 Å². The average molecular weight is 691 g/mol. The van der Waals surface area contributed by atoms with Crippen LogP contribution in [0.2, 0.25) is 0 Å². The summed E-state index contributed by atoms with van der Waals surface area (Å²) in [6.07, 6.45) is 5.01. The van der Waals surface area contributed by atoms with Crippen molar-refractivity contribution in [3.63, 3.8) is 0 Å². The van der Waals surface area contributed by atoms with E-state index in [2.05, 4.69) is 33.1 Å². The van der Waals surface area contributed by atoms with Gasteiger partial charge in [-0.05, 0) is 42.9 Å². The van der Waals surface area contributed by atoms with Gasteiger partial charge in [0.2, 0.25) is 23.6 Å². The van der Waals surface area contributed by atoms with E-state index in [-0.39, 0.29) is 56.6 Å². The molecule has 0 saturated heterocycles. The van der Waals surface area contributed by atoms with E-state index in [0.29, 0.717) is 58.5 Å². The summed E-state index contributed by atoms with van der Waals surface area (Å²) in [6, 6.07) is 5.88. The second-order valence-electron chi connectivity index (χ2n) is 11.7.